The number of aliphatic hydroxyl groups excluding tert-OH is 1. The summed E-state index contributed by atoms with van der Waals surface area (Å²) in [5, 5.41) is 8.89. The molecule has 0 spiro atoms. The van der Waals surface area contributed by atoms with Crippen LogP contribution in [0.5, 0.6) is 0 Å². The van der Waals surface area contributed by atoms with Gasteiger partial charge >= 0.3 is 0 Å². The Hall–Kier alpha value is -1.38. The van der Waals surface area contributed by atoms with Crippen molar-refractivity contribution in [3.63, 3.8) is 0 Å². The molecule has 19 heavy (non-hydrogen) atoms. The highest BCUT2D eigenvalue weighted by atomic mass is 79.9. The summed E-state index contributed by atoms with van der Waals surface area (Å²) in [4.78, 5) is -0.138. The number of hydrogen-bond donors (Lipinski definition) is 2. The van der Waals surface area contributed by atoms with Crippen LogP contribution in [0.15, 0.2) is 44.3 Å². The lowest BCUT2D eigenvalue weighted by atomic mass is 10.3. The molecule has 0 aliphatic heterocycles. The van der Waals surface area contributed by atoms with Crippen molar-refractivity contribution in [3.05, 3.63) is 46.6 Å². The molecule has 0 atom stereocenters. The third-order valence-corrected chi connectivity index (χ3v) is 4.49. The minimum Gasteiger partial charge on any atom is -0.450 e. The highest BCUT2D eigenvalue weighted by molar-refractivity contribution is 9.10. The van der Waals surface area contributed by atoms with Crippen LogP contribution in [0.3, 0.4) is 0 Å². The van der Waals surface area contributed by atoms with Crippen LogP contribution in [0.1, 0.15) is 5.76 Å². The summed E-state index contributed by atoms with van der Waals surface area (Å²) >= 11 is 2.96. The monoisotopic (exact) mass is 349 g/mol. The van der Waals surface area contributed by atoms with Crippen LogP contribution in [0.25, 0.3) is 0 Å². The Morgan fingerprint density at radius 3 is 2.47 bits per heavy atom. The number of furan rings is 1. The van der Waals surface area contributed by atoms with Gasteiger partial charge in [-0.25, -0.2) is 12.8 Å². The molecule has 1 heterocycles. The fourth-order valence-corrected chi connectivity index (χ4v) is 3.44. The van der Waals surface area contributed by atoms with Gasteiger partial charge in [-0.2, -0.15) is 0 Å². The van der Waals surface area contributed by atoms with E-state index >= 15 is 0 Å². The smallest absolute Gasteiger partial charge is 0.266 e. The fourth-order valence-electron chi connectivity index (χ4n) is 1.39. The standard InChI is InChI=1S/C11H9BrFNO4S/c12-11-10(5-9(6-15)18-11)19(16,17)14-8-3-1-7(13)2-4-8/h1-5,14-15H,6H2. The Balaban J connectivity index is 2.31. The zero-order valence-corrected chi connectivity index (χ0v) is 11.8. The summed E-state index contributed by atoms with van der Waals surface area (Å²) in [5.74, 6) is -0.346. The van der Waals surface area contributed by atoms with Gasteiger partial charge in [-0.05, 0) is 40.2 Å². The molecule has 0 radical (unpaired) electrons. The van der Waals surface area contributed by atoms with E-state index in [4.69, 9.17) is 9.52 Å². The van der Waals surface area contributed by atoms with E-state index in [-0.39, 0.29) is 21.0 Å². The second-order valence-electron chi connectivity index (χ2n) is 3.62. The molecule has 0 aliphatic rings. The van der Waals surface area contributed by atoms with Gasteiger partial charge in [0.15, 0.2) is 4.67 Å². The molecule has 0 unspecified atom stereocenters. The predicted octanol–water partition coefficient (Wildman–Crippen LogP) is 2.47. The van der Waals surface area contributed by atoms with Crippen molar-refractivity contribution in [2.45, 2.75) is 11.5 Å². The van der Waals surface area contributed by atoms with Crippen molar-refractivity contribution in [3.8, 4) is 0 Å². The van der Waals surface area contributed by atoms with Crippen LogP contribution < -0.4 is 4.72 Å². The number of sulfonamides is 1. The minimum atomic E-state index is -3.87. The summed E-state index contributed by atoms with van der Waals surface area (Å²) < 4.78 is 44.1. The van der Waals surface area contributed by atoms with E-state index < -0.39 is 22.4 Å². The quantitative estimate of drug-likeness (QED) is 0.888. The second-order valence-corrected chi connectivity index (χ2v) is 5.99. The highest BCUT2D eigenvalue weighted by Gasteiger charge is 2.22. The zero-order chi connectivity index (χ0) is 14.0. The van der Waals surface area contributed by atoms with Crippen molar-refractivity contribution < 1.29 is 22.3 Å². The molecular formula is C11H9BrFNO4S. The Morgan fingerprint density at radius 1 is 1.32 bits per heavy atom. The molecule has 102 valence electrons. The molecule has 2 N–H and O–H groups in total. The van der Waals surface area contributed by atoms with E-state index in [1.54, 1.807) is 0 Å². The number of halogens is 2. The Bertz CT molecular complexity index is 681. The normalized spacial score (nSPS) is 11.5. The maximum atomic E-state index is 12.7. The van der Waals surface area contributed by atoms with Crippen LogP contribution in [-0.4, -0.2) is 13.5 Å². The molecule has 1 aromatic carbocycles. The SMILES string of the molecule is O=S(=O)(Nc1ccc(F)cc1)c1cc(CO)oc1Br. The lowest BCUT2D eigenvalue weighted by Gasteiger charge is -2.06. The molecule has 2 aromatic rings. The maximum absolute atomic E-state index is 12.7. The topological polar surface area (TPSA) is 79.5 Å². The average Bonchev–Trinajstić information content (AvgIpc) is 2.74. The first-order valence-electron chi connectivity index (χ1n) is 5.10. The predicted molar refractivity (Wildman–Crippen MR) is 69.5 cm³/mol. The molecule has 0 saturated carbocycles. The summed E-state index contributed by atoms with van der Waals surface area (Å²) in [6, 6.07) is 6.08. The number of nitrogens with one attached hydrogen (secondary N) is 1. The molecular weight excluding hydrogens is 341 g/mol. The number of benzene rings is 1. The van der Waals surface area contributed by atoms with Gasteiger partial charge in [0.2, 0.25) is 0 Å². The zero-order valence-electron chi connectivity index (χ0n) is 9.43. The Kier molecular flexibility index (Phi) is 3.93. The van der Waals surface area contributed by atoms with Crippen molar-refractivity contribution in [2.75, 3.05) is 4.72 Å². The molecule has 0 amide bonds. The van der Waals surface area contributed by atoms with Gasteiger partial charge in [-0.1, -0.05) is 0 Å². The van der Waals surface area contributed by atoms with Crippen LogP contribution in [0, 0.1) is 5.82 Å². The Labute approximate surface area is 117 Å². The molecule has 0 saturated heterocycles. The molecule has 0 bridgehead atoms. The van der Waals surface area contributed by atoms with Crippen LogP contribution >= 0.6 is 15.9 Å². The van der Waals surface area contributed by atoms with Crippen molar-refractivity contribution in [1.29, 1.82) is 0 Å². The molecule has 5 nitrogen and oxygen atoms in total. The van der Waals surface area contributed by atoms with Crippen molar-refractivity contribution in [2.24, 2.45) is 0 Å². The first kappa shape index (κ1) is 14.0. The lowest BCUT2D eigenvalue weighted by molar-refractivity contribution is 0.245. The van der Waals surface area contributed by atoms with Gasteiger partial charge in [0.05, 0.1) is 0 Å². The molecule has 2 rings (SSSR count). The van der Waals surface area contributed by atoms with E-state index in [0.717, 1.165) is 12.1 Å². The van der Waals surface area contributed by atoms with Gasteiger partial charge in [-0.3, -0.25) is 4.72 Å². The fraction of sp³-hybridized carbons (Fsp3) is 0.0909. The van der Waals surface area contributed by atoms with Crippen molar-refractivity contribution >= 4 is 31.6 Å². The Morgan fingerprint density at radius 2 is 1.95 bits per heavy atom. The van der Waals surface area contributed by atoms with Gasteiger partial charge in [0, 0.05) is 11.8 Å². The number of rotatable bonds is 4. The molecule has 0 aliphatic carbocycles. The molecule has 1 aromatic heterocycles. The van der Waals surface area contributed by atoms with Crippen LogP contribution in [0.4, 0.5) is 10.1 Å². The first-order valence-corrected chi connectivity index (χ1v) is 7.37. The van der Waals surface area contributed by atoms with Gasteiger partial charge in [-0.15, -0.1) is 0 Å². The first-order chi connectivity index (χ1) is 8.92. The van der Waals surface area contributed by atoms with Gasteiger partial charge in [0.25, 0.3) is 10.0 Å². The summed E-state index contributed by atoms with van der Waals surface area (Å²) in [6.07, 6.45) is 0. The van der Waals surface area contributed by atoms with Gasteiger partial charge in [0.1, 0.15) is 23.1 Å². The number of aliphatic hydroxyl groups is 1. The van der Waals surface area contributed by atoms with Crippen molar-refractivity contribution in [1.82, 2.24) is 0 Å². The summed E-state index contributed by atoms with van der Waals surface area (Å²) in [7, 11) is -3.87. The third-order valence-electron chi connectivity index (χ3n) is 2.25. The number of anilines is 1. The molecule has 8 heteroatoms. The van der Waals surface area contributed by atoms with E-state index in [2.05, 4.69) is 20.7 Å². The van der Waals surface area contributed by atoms with Crippen LogP contribution in [-0.2, 0) is 16.6 Å². The second kappa shape index (κ2) is 5.32. The minimum absolute atomic E-state index is 0.00818. The largest absolute Gasteiger partial charge is 0.450 e. The summed E-state index contributed by atoms with van der Waals surface area (Å²) in [5.41, 5.74) is 0.222. The van der Waals surface area contributed by atoms with E-state index in [9.17, 15) is 12.8 Å². The van der Waals surface area contributed by atoms with Crippen LogP contribution in [0.2, 0.25) is 0 Å². The van der Waals surface area contributed by atoms with E-state index in [1.165, 1.54) is 18.2 Å². The average molecular weight is 350 g/mol. The molecule has 0 fully saturated rings. The third kappa shape index (κ3) is 3.14. The highest BCUT2D eigenvalue weighted by Crippen LogP contribution is 2.27. The summed E-state index contributed by atoms with van der Waals surface area (Å²) in [6.45, 7) is -0.412. The number of hydrogen-bond acceptors (Lipinski definition) is 4. The van der Waals surface area contributed by atoms with E-state index in [0.29, 0.717) is 0 Å². The van der Waals surface area contributed by atoms with E-state index in [1.807, 2.05) is 0 Å². The van der Waals surface area contributed by atoms with Gasteiger partial charge < -0.3 is 9.52 Å². The maximum Gasteiger partial charge on any atom is 0.266 e. The lowest BCUT2D eigenvalue weighted by Crippen LogP contribution is -2.12.